The first-order chi connectivity index (χ1) is 15.7. The largest absolute Gasteiger partial charge is 0.396 e. The highest BCUT2D eigenvalue weighted by Gasteiger charge is 2.25. The third kappa shape index (κ3) is 4.83. The lowest BCUT2D eigenvalue weighted by atomic mass is 9.94. The van der Waals surface area contributed by atoms with E-state index >= 15 is 0 Å². The minimum absolute atomic E-state index is 0.129. The van der Waals surface area contributed by atoms with E-state index in [9.17, 15) is 0 Å². The van der Waals surface area contributed by atoms with Crippen LogP contribution in [0.1, 0.15) is 35.8 Å². The van der Waals surface area contributed by atoms with Crippen molar-refractivity contribution in [1.82, 2.24) is 24.8 Å². The topological polar surface area (TPSA) is 114 Å². The fraction of sp³-hybridized carbons (Fsp3) is 0.545. The van der Waals surface area contributed by atoms with E-state index < -0.39 is 0 Å². The zero-order valence-corrected chi connectivity index (χ0v) is 18.9. The van der Waals surface area contributed by atoms with Gasteiger partial charge in [-0.15, -0.1) is 11.3 Å². The van der Waals surface area contributed by atoms with Crippen LogP contribution < -0.4 is 10.6 Å². The van der Waals surface area contributed by atoms with Crippen molar-refractivity contribution in [3.8, 4) is 0 Å². The Morgan fingerprint density at radius 3 is 2.72 bits per heavy atom. The van der Waals surface area contributed by atoms with Gasteiger partial charge in [0.25, 0.3) is 0 Å². The van der Waals surface area contributed by atoms with E-state index in [4.69, 9.17) is 20.6 Å². The molecule has 0 aliphatic carbocycles. The van der Waals surface area contributed by atoms with E-state index in [1.165, 1.54) is 17.7 Å². The number of piperidine rings is 1. The van der Waals surface area contributed by atoms with E-state index in [-0.39, 0.29) is 12.1 Å². The summed E-state index contributed by atoms with van der Waals surface area (Å²) < 4.78 is 7.04. The number of hydrogen-bond donors (Lipinski definition) is 2. The number of ether oxygens (including phenoxy) is 1. The molecular formula is C22H29N7O2S. The normalized spacial score (nSPS) is 20.8. The molecule has 9 nitrogen and oxygen atoms in total. The molecule has 0 amide bonds. The molecule has 2 aliphatic heterocycles. The average Bonchev–Trinajstić information content (AvgIpc) is 3.22. The fourth-order valence-electron chi connectivity index (χ4n) is 4.49. The van der Waals surface area contributed by atoms with Crippen LogP contribution in [0.4, 0.5) is 11.9 Å². The van der Waals surface area contributed by atoms with E-state index in [1.807, 2.05) is 6.20 Å². The molecule has 10 heteroatoms. The molecule has 3 N–H and O–H groups in total. The van der Waals surface area contributed by atoms with Crippen LogP contribution >= 0.6 is 11.3 Å². The Hall–Kier alpha value is -2.40. The highest BCUT2D eigenvalue weighted by Crippen LogP contribution is 2.30. The number of aliphatic hydroxyl groups is 1. The number of nitrogens with zero attached hydrogens (tertiary/aromatic N) is 6. The Balaban J connectivity index is 1.25. The fourth-order valence-corrected chi connectivity index (χ4v) is 5.51. The summed E-state index contributed by atoms with van der Waals surface area (Å²) in [6, 6.07) is 2.21. The number of nitrogen functional groups attached to an aromatic ring is 1. The predicted octanol–water partition coefficient (Wildman–Crippen LogP) is 2.24. The average molecular weight is 456 g/mol. The molecule has 3 aromatic heterocycles. The van der Waals surface area contributed by atoms with Crippen molar-refractivity contribution in [3.63, 3.8) is 0 Å². The van der Waals surface area contributed by atoms with Gasteiger partial charge in [-0.05, 0) is 44.3 Å². The molecule has 5 heterocycles. The van der Waals surface area contributed by atoms with E-state index in [0.717, 1.165) is 54.3 Å². The number of thiophene rings is 1. The summed E-state index contributed by atoms with van der Waals surface area (Å²) in [5.41, 5.74) is 7.51. The third-order valence-corrected chi connectivity index (χ3v) is 7.39. The number of hydrogen-bond acceptors (Lipinski definition) is 10. The zero-order chi connectivity index (χ0) is 21.9. The molecule has 3 aromatic rings. The number of morpholine rings is 1. The summed E-state index contributed by atoms with van der Waals surface area (Å²) >= 11 is 1.78. The molecule has 0 aromatic carbocycles. The van der Waals surface area contributed by atoms with Crippen LogP contribution in [0.25, 0.3) is 10.2 Å². The molecule has 32 heavy (non-hydrogen) atoms. The summed E-state index contributed by atoms with van der Waals surface area (Å²) in [6.45, 7) is 5.45. The minimum atomic E-state index is -0.129. The maximum atomic E-state index is 9.15. The molecule has 2 saturated heterocycles. The van der Waals surface area contributed by atoms with Crippen LogP contribution in [-0.2, 0) is 11.3 Å². The minimum Gasteiger partial charge on any atom is -0.396 e. The number of likely N-dealkylation sites (tertiary alicyclic amines) is 1. The van der Waals surface area contributed by atoms with Crippen molar-refractivity contribution in [2.75, 3.05) is 50.0 Å². The van der Waals surface area contributed by atoms with Crippen molar-refractivity contribution < 1.29 is 9.84 Å². The molecule has 0 bridgehead atoms. The van der Waals surface area contributed by atoms with Gasteiger partial charge in [0, 0.05) is 42.5 Å². The smallest absolute Gasteiger partial charge is 0.226 e. The summed E-state index contributed by atoms with van der Waals surface area (Å²) in [5, 5.41) is 9.15. The second-order valence-corrected chi connectivity index (χ2v) is 9.71. The van der Waals surface area contributed by atoms with Crippen LogP contribution in [0, 0.1) is 5.92 Å². The standard InChI is InChI=1S/C22H29N7O2S/c23-21-24-10-16(11-25-21)19-14-29(6-8-31-19)22-26-12-20-18(27-22)9-17(32-20)13-28-4-1-15(2-5-28)3-7-30/h9-12,15,19,30H,1-8,13-14H2,(H2,23,24,25). The number of rotatable bonds is 6. The first-order valence-corrected chi connectivity index (χ1v) is 12.0. The van der Waals surface area contributed by atoms with Crippen molar-refractivity contribution in [3.05, 3.63) is 35.1 Å². The van der Waals surface area contributed by atoms with Gasteiger partial charge in [-0.25, -0.2) is 19.9 Å². The van der Waals surface area contributed by atoms with Gasteiger partial charge in [-0.3, -0.25) is 4.90 Å². The Labute approximate surface area is 191 Å². The Morgan fingerprint density at radius 1 is 1.12 bits per heavy atom. The number of aromatic nitrogens is 4. The monoisotopic (exact) mass is 455 g/mol. The van der Waals surface area contributed by atoms with Gasteiger partial charge < -0.3 is 20.5 Å². The number of aliphatic hydroxyl groups excluding tert-OH is 1. The Morgan fingerprint density at radius 2 is 1.94 bits per heavy atom. The Kier molecular flexibility index (Phi) is 6.44. The molecule has 1 atom stereocenters. The molecule has 2 aliphatic rings. The lowest BCUT2D eigenvalue weighted by Crippen LogP contribution is -2.39. The summed E-state index contributed by atoms with van der Waals surface area (Å²) in [5.74, 6) is 1.67. The number of fused-ring (bicyclic) bond motifs is 1. The Bertz CT molecular complexity index is 1040. The second-order valence-electron chi connectivity index (χ2n) is 8.54. The number of anilines is 2. The lowest BCUT2D eigenvalue weighted by molar-refractivity contribution is 0.0388. The molecule has 0 saturated carbocycles. The first-order valence-electron chi connectivity index (χ1n) is 11.2. The molecule has 2 fully saturated rings. The molecular weight excluding hydrogens is 426 g/mol. The van der Waals surface area contributed by atoms with Crippen LogP contribution in [0.2, 0.25) is 0 Å². The highest BCUT2D eigenvalue weighted by atomic mass is 32.1. The van der Waals surface area contributed by atoms with Gasteiger partial charge >= 0.3 is 0 Å². The first kappa shape index (κ1) is 21.4. The van der Waals surface area contributed by atoms with Crippen molar-refractivity contribution in [1.29, 1.82) is 0 Å². The molecule has 170 valence electrons. The highest BCUT2D eigenvalue weighted by molar-refractivity contribution is 7.18. The van der Waals surface area contributed by atoms with Crippen LogP contribution in [0.5, 0.6) is 0 Å². The maximum Gasteiger partial charge on any atom is 0.226 e. The van der Waals surface area contributed by atoms with E-state index in [1.54, 1.807) is 23.7 Å². The summed E-state index contributed by atoms with van der Waals surface area (Å²) in [4.78, 5) is 23.7. The molecule has 0 radical (unpaired) electrons. The van der Waals surface area contributed by atoms with Gasteiger partial charge in [0.1, 0.15) is 6.10 Å². The zero-order valence-electron chi connectivity index (χ0n) is 18.1. The van der Waals surface area contributed by atoms with Crippen LogP contribution in [0.15, 0.2) is 24.7 Å². The van der Waals surface area contributed by atoms with Crippen molar-refractivity contribution >= 4 is 33.5 Å². The van der Waals surface area contributed by atoms with Gasteiger partial charge in [0.2, 0.25) is 11.9 Å². The summed E-state index contributed by atoms with van der Waals surface area (Å²) in [7, 11) is 0. The van der Waals surface area contributed by atoms with Gasteiger partial charge in [-0.1, -0.05) is 0 Å². The SMILES string of the molecule is Nc1ncc(C2CN(c3ncc4sc(CN5CCC(CCO)CC5)cc4n3)CCO2)cn1. The van der Waals surface area contributed by atoms with Crippen LogP contribution in [0.3, 0.4) is 0 Å². The van der Waals surface area contributed by atoms with E-state index in [2.05, 4.69) is 30.8 Å². The quantitative estimate of drug-likeness (QED) is 0.577. The summed E-state index contributed by atoms with van der Waals surface area (Å²) in [6.07, 6.45) is 8.53. The van der Waals surface area contributed by atoms with Crippen LogP contribution in [-0.4, -0.2) is 69.3 Å². The van der Waals surface area contributed by atoms with Gasteiger partial charge in [0.05, 0.1) is 29.6 Å². The van der Waals surface area contributed by atoms with Crippen molar-refractivity contribution in [2.24, 2.45) is 5.92 Å². The van der Waals surface area contributed by atoms with Gasteiger partial charge in [0.15, 0.2) is 0 Å². The molecule has 1 unspecified atom stereocenters. The predicted molar refractivity (Wildman–Crippen MR) is 124 cm³/mol. The second kappa shape index (κ2) is 9.62. The number of nitrogens with two attached hydrogens (primary N) is 1. The molecule has 5 rings (SSSR count). The molecule has 0 spiro atoms. The van der Waals surface area contributed by atoms with Gasteiger partial charge in [-0.2, -0.15) is 0 Å². The third-order valence-electron chi connectivity index (χ3n) is 6.35. The van der Waals surface area contributed by atoms with Crippen molar-refractivity contribution in [2.45, 2.75) is 31.9 Å². The maximum absolute atomic E-state index is 9.15. The lowest BCUT2D eigenvalue weighted by Gasteiger charge is -2.32. The van der Waals surface area contributed by atoms with E-state index in [0.29, 0.717) is 25.7 Å².